The van der Waals surface area contributed by atoms with Gasteiger partial charge in [-0.25, -0.2) is 0 Å². The Hall–Kier alpha value is 0.758. The van der Waals surface area contributed by atoms with Gasteiger partial charge in [0, 0.05) is 0 Å². The molecule has 0 amide bonds. The summed E-state index contributed by atoms with van der Waals surface area (Å²) < 4.78 is 25.3. The monoisotopic (exact) mass is 275 g/mol. The minimum absolute atomic E-state index is 0. The molecule has 34 valence electrons. The van der Waals surface area contributed by atoms with E-state index in [0.29, 0.717) is 0 Å². The first-order valence-corrected chi connectivity index (χ1v) is 1.50. The van der Waals surface area contributed by atoms with Gasteiger partial charge in [-0.3, -0.25) is 4.21 Å². The molecule has 3 nitrogen and oxygen atoms in total. The van der Waals surface area contributed by atoms with Gasteiger partial charge in [0.2, 0.25) is 0 Å². The van der Waals surface area contributed by atoms with Crippen molar-refractivity contribution in [1.29, 1.82) is 0 Å². The Morgan fingerprint density at radius 3 is 1.40 bits per heavy atom. The Bertz CT molecular complexity index is 29.9. The summed E-state index contributed by atoms with van der Waals surface area (Å²) in [5.41, 5.74) is 0. The second-order valence-corrected chi connectivity index (χ2v) is 0.612. The van der Waals surface area contributed by atoms with Crippen LogP contribution in [0.5, 0.6) is 0 Å². The van der Waals surface area contributed by atoms with Gasteiger partial charge in [-0.05, 0) is 0 Å². The second kappa shape index (κ2) is 4.76. The van der Waals surface area contributed by atoms with Crippen LogP contribution in [0.1, 0.15) is 0 Å². The van der Waals surface area contributed by atoms with E-state index in [9.17, 15) is 0 Å². The van der Waals surface area contributed by atoms with Crippen LogP contribution >= 0.6 is 0 Å². The normalized spacial score (nSPS) is 7.00. The van der Waals surface area contributed by atoms with E-state index < -0.39 is 11.4 Å². The first-order chi connectivity index (χ1) is 1.73. The summed E-state index contributed by atoms with van der Waals surface area (Å²) >= 11 is -3.11. The molecule has 0 rings (SSSR count). The van der Waals surface area contributed by atoms with Gasteiger partial charge in [0.1, 0.15) is 0 Å². The van der Waals surface area contributed by atoms with E-state index in [2.05, 4.69) is 0 Å². The Kier molecular flexibility index (Phi) is 8.78. The van der Waals surface area contributed by atoms with Crippen molar-refractivity contribution in [2.24, 2.45) is 0 Å². The van der Waals surface area contributed by atoms with Crippen LogP contribution in [0.2, 0.25) is 0 Å². The maximum absolute atomic E-state index is 8.44. The fourth-order valence-electron chi connectivity index (χ4n) is 0. The van der Waals surface area contributed by atoms with Crippen molar-refractivity contribution in [3.63, 3.8) is 0 Å². The van der Waals surface area contributed by atoms with Gasteiger partial charge in [0.15, 0.2) is 0 Å². The van der Waals surface area contributed by atoms with E-state index in [0.717, 1.165) is 0 Å². The van der Waals surface area contributed by atoms with E-state index in [1.165, 1.54) is 0 Å². The molecule has 0 saturated heterocycles. The van der Waals surface area contributed by atoms with Gasteiger partial charge < -0.3 is 9.11 Å². The molecular weight excluding hydrogens is 275 g/mol. The van der Waals surface area contributed by atoms with Crippen molar-refractivity contribution in [3.8, 4) is 0 Å². The topological polar surface area (TPSA) is 63.2 Å². The molecule has 0 aromatic carbocycles. The van der Waals surface area contributed by atoms with E-state index in [1.807, 2.05) is 0 Å². The van der Waals surface area contributed by atoms with E-state index in [1.54, 1.807) is 0 Å². The summed E-state index contributed by atoms with van der Waals surface area (Å²) in [7, 11) is 0. The van der Waals surface area contributed by atoms with Crippen LogP contribution in [-0.2, 0) is 32.4 Å². The van der Waals surface area contributed by atoms with Crippen molar-refractivity contribution < 1.29 is 34.4 Å². The van der Waals surface area contributed by atoms with Gasteiger partial charge in [-0.1, -0.05) is 0 Å². The van der Waals surface area contributed by atoms with Gasteiger partial charge in [-0.15, -0.1) is 11.4 Å². The van der Waals surface area contributed by atoms with Crippen LogP contribution in [0.4, 0.5) is 0 Å². The molecular formula is O3PtS. The number of rotatable bonds is 0. The zero-order chi connectivity index (χ0) is 3.58. The predicted octanol–water partition coefficient (Wildman–Crippen LogP) is -1.01. The quantitative estimate of drug-likeness (QED) is 0.532. The van der Waals surface area contributed by atoms with Crippen molar-refractivity contribution in [2.45, 2.75) is 0 Å². The molecule has 0 N–H and O–H groups in total. The summed E-state index contributed by atoms with van der Waals surface area (Å²) in [6, 6.07) is 0. The molecule has 0 bridgehead atoms. The molecule has 0 unspecified atom stereocenters. The molecule has 0 aliphatic rings. The smallest absolute Gasteiger partial charge is 0.784 e. The van der Waals surface area contributed by atoms with Gasteiger partial charge in [0.25, 0.3) is 0 Å². The molecule has 0 aromatic heterocycles. The molecule has 0 spiro atoms. The molecule has 5 heteroatoms. The minimum atomic E-state index is -3.11. The molecule has 0 aliphatic heterocycles. The van der Waals surface area contributed by atoms with Gasteiger partial charge in [-0.2, -0.15) is 0 Å². The van der Waals surface area contributed by atoms with Crippen molar-refractivity contribution in [1.82, 2.24) is 0 Å². The van der Waals surface area contributed by atoms with E-state index in [-0.39, 0.29) is 21.1 Å². The SMILES string of the molecule is O=S([O-])[O-].[Pt+2]. The third kappa shape index (κ3) is 63.0. The summed E-state index contributed by atoms with van der Waals surface area (Å²) in [5.74, 6) is 0. The Labute approximate surface area is 46.1 Å². The van der Waals surface area contributed by atoms with Crippen LogP contribution in [0.25, 0.3) is 0 Å². The summed E-state index contributed by atoms with van der Waals surface area (Å²) in [6.45, 7) is 0. The molecule has 0 aromatic rings. The number of hydrogen-bond acceptors (Lipinski definition) is 3. The Morgan fingerprint density at radius 2 is 1.40 bits per heavy atom. The van der Waals surface area contributed by atoms with E-state index in [4.69, 9.17) is 13.3 Å². The zero-order valence-electron chi connectivity index (χ0n) is 1.95. The first kappa shape index (κ1) is 9.23. The van der Waals surface area contributed by atoms with Crippen molar-refractivity contribution in [2.75, 3.05) is 0 Å². The van der Waals surface area contributed by atoms with Gasteiger partial charge >= 0.3 is 21.1 Å². The fourth-order valence-corrected chi connectivity index (χ4v) is 0. The summed E-state index contributed by atoms with van der Waals surface area (Å²) in [5, 5.41) is 0. The molecule has 0 saturated carbocycles. The molecule has 0 heterocycles. The van der Waals surface area contributed by atoms with Gasteiger partial charge in [0.05, 0.1) is 0 Å². The first-order valence-electron chi connectivity index (χ1n) is 0.500. The third-order valence-electron chi connectivity index (χ3n) is 0. The van der Waals surface area contributed by atoms with Crippen LogP contribution in [0.3, 0.4) is 0 Å². The largest absolute Gasteiger partial charge is 2.00 e. The molecule has 0 fully saturated rings. The predicted molar refractivity (Wildman–Crippen MR) is 9.70 cm³/mol. The summed E-state index contributed by atoms with van der Waals surface area (Å²) in [6.07, 6.45) is 0. The third-order valence-corrected chi connectivity index (χ3v) is 0. The second-order valence-electron chi connectivity index (χ2n) is 0.204. The average molecular weight is 275 g/mol. The maximum Gasteiger partial charge on any atom is 2.00 e. The maximum atomic E-state index is 8.44. The minimum Gasteiger partial charge on any atom is -0.784 e. The molecule has 0 aliphatic carbocycles. The van der Waals surface area contributed by atoms with Crippen molar-refractivity contribution in [3.05, 3.63) is 0 Å². The Balaban J connectivity index is 0. The average Bonchev–Trinajstić information content (AvgIpc) is 0.811. The molecule has 0 radical (unpaired) electrons. The summed E-state index contributed by atoms with van der Waals surface area (Å²) in [4.78, 5) is 0. The van der Waals surface area contributed by atoms with Crippen LogP contribution in [-0.4, -0.2) is 13.3 Å². The fraction of sp³-hybridized carbons (Fsp3) is 0. The standard InChI is InChI=1S/H2O3S.Pt/c1-4(2)3;/h(H2,1,2,3);/q;+2/p-2. The molecule has 5 heavy (non-hydrogen) atoms. The van der Waals surface area contributed by atoms with E-state index >= 15 is 0 Å². The van der Waals surface area contributed by atoms with Crippen LogP contribution in [0, 0.1) is 0 Å². The Morgan fingerprint density at radius 1 is 1.40 bits per heavy atom. The van der Waals surface area contributed by atoms with Crippen LogP contribution < -0.4 is 0 Å². The van der Waals surface area contributed by atoms with Crippen molar-refractivity contribution >= 4 is 11.4 Å². The molecule has 0 atom stereocenters. The zero-order valence-corrected chi connectivity index (χ0v) is 5.04. The number of hydrogen-bond donors (Lipinski definition) is 0. The van der Waals surface area contributed by atoms with Crippen LogP contribution in [0.15, 0.2) is 0 Å².